The minimum atomic E-state index is -3.34. The molecule has 1 aliphatic heterocycles. The minimum Gasteiger partial charge on any atom is -0.312 e. The van der Waals surface area contributed by atoms with Crippen molar-refractivity contribution in [2.45, 2.75) is 39.0 Å². The first-order chi connectivity index (χ1) is 13.9. The molecule has 0 fully saturated rings. The molecule has 0 aromatic heterocycles. The first kappa shape index (κ1) is 20.9. The number of carbonyl (C=O) groups excluding carboxylic acids is 1. The number of fused-ring (bicyclic) bond motifs is 1. The van der Waals surface area contributed by atoms with E-state index in [4.69, 9.17) is 5.26 Å². The van der Waals surface area contributed by atoms with Crippen LogP contribution in [0.25, 0.3) is 0 Å². The van der Waals surface area contributed by atoms with Crippen molar-refractivity contribution < 1.29 is 13.2 Å². The molecule has 2 aromatic rings. The van der Waals surface area contributed by atoms with Crippen LogP contribution in [0.3, 0.4) is 0 Å². The zero-order valence-electron chi connectivity index (χ0n) is 16.5. The van der Waals surface area contributed by atoms with Gasteiger partial charge in [-0.3, -0.25) is 9.52 Å². The third-order valence-electron chi connectivity index (χ3n) is 4.96. The van der Waals surface area contributed by atoms with E-state index in [1.54, 1.807) is 23.1 Å². The van der Waals surface area contributed by atoms with Crippen LogP contribution < -0.4 is 9.62 Å². The lowest BCUT2D eigenvalue weighted by atomic mass is 10.00. The maximum Gasteiger partial charge on any atom is 0.232 e. The van der Waals surface area contributed by atoms with Crippen LogP contribution in [0, 0.1) is 11.3 Å². The van der Waals surface area contributed by atoms with Gasteiger partial charge in [0.1, 0.15) is 0 Å². The Balaban J connectivity index is 1.69. The average Bonchev–Trinajstić information content (AvgIpc) is 2.71. The van der Waals surface area contributed by atoms with Gasteiger partial charge in [-0.1, -0.05) is 19.1 Å². The largest absolute Gasteiger partial charge is 0.312 e. The highest BCUT2D eigenvalue weighted by Crippen LogP contribution is 2.30. The second-order valence-corrected chi connectivity index (χ2v) is 9.06. The first-order valence-corrected chi connectivity index (χ1v) is 11.5. The molecule has 1 N–H and O–H groups in total. The Bertz CT molecular complexity index is 1020. The number of amides is 1. The van der Waals surface area contributed by atoms with Gasteiger partial charge in [0.25, 0.3) is 0 Å². The number of rotatable bonds is 7. The quantitative estimate of drug-likeness (QED) is 0.753. The zero-order chi connectivity index (χ0) is 20.9. The van der Waals surface area contributed by atoms with Gasteiger partial charge in [0.05, 0.1) is 17.4 Å². The Morgan fingerprint density at radius 2 is 1.97 bits per heavy atom. The zero-order valence-corrected chi connectivity index (χ0v) is 17.3. The van der Waals surface area contributed by atoms with Crippen LogP contribution in [0.1, 0.15) is 42.9 Å². The molecular weight excluding hydrogens is 386 g/mol. The third-order valence-corrected chi connectivity index (χ3v) is 6.45. The third kappa shape index (κ3) is 5.36. The van der Waals surface area contributed by atoms with Gasteiger partial charge < -0.3 is 4.90 Å². The van der Waals surface area contributed by atoms with E-state index in [2.05, 4.69) is 10.8 Å². The standard InChI is InChI=1S/C22H25N3O3S/c1-2-14-29(27,28)24-20-10-11-21-19(15-20)4-3-13-25(21)22(26)12-9-17-5-7-18(16-23)8-6-17/h5-8,10-11,15,24H,2-4,9,12-14H2,1H3. The smallest absolute Gasteiger partial charge is 0.232 e. The summed E-state index contributed by atoms with van der Waals surface area (Å²) >= 11 is 0. The van der Waals surface area contributed by atoms with E-state index in [1.807, 2.05) is 31.2 Å². The van der Waals surface area contributed by atoms with E-state index in [1.165, 1.54) is 0 Å². The van der Waals surface area contributed by atoms with Crippen molar-refractivity contribution in [3.63, 3.8) is 0 Å². The molecule has 1 amide bonds. The van der Waals surface area contributed by atoms with Gasteiger partial charge in [-0.25, -0.2) is 8.42 Å². The number of benzene rings is 2. The number of nitriles is 1. The van der Waals surface area contributed by atoms with Gasteiger partial charge in [0.15, 0.2) is 0 Å². The fourth-order valence-corrected chi connectivity index (χ4v) is 4.68. The number of aryl methyl sites for hydroxylation is 2. The molecule has 1 aliphatic rings. The summed E-state index contributed by atoms with van der Waals surface area (Å²) in [4.78, 5) is 14.6. The van der Waals surface area contributed by atoms with Gasteiger partial charge in [-0.15, -0.1) is 0 Å². The SMILES string of the molecule is CCCS(=O)(=O)Nc1ccc2c(c1)CCCN2C(=O)CCc1ccc(C#N)cc1. The molecule has 2 aromatic carbocycles. The highest BCUT2D eigenvalue weighted by Gasteiger charge is 2.23. The average molecular weight is 412 g/mol. The number of anilines is 2. The van der Waals surface area contributed by atoms with Gasteiger partial charge >= 0.3 is 0 Å². The first-order valence-electron chi connectivity index (χ1n) is 9.84. The van der Waals surface area contributed by atoms with E-state index in [-0.39, 0.29) is 11.7 Å². The van der Waals surface area contributed by atoms with Crippen LogP contribution in [-0.4, -0.2) is 26.6 Å². The normalized spacial score (nSPS) is 13.4. The molecule has 0 saturated heterocycles. The second kappa shape index (κ2) is 9.10. The minimum absolute atomic E-state index is 0.0506. The second-order valence-electron chi connectivity index (χ2n) is 7.22. The van der Waals surface area contributed by atoms with Crippen LogP contribution in [0.15, 0.2) is 42.5 Å². The lowest BCUT2D eigenvalue weighted by Gasteiger charge is -2.30. The number of nitrogens with one attached hydrogen (secondary N) is 1. The van der Waals surface area contributed by atoms with Gasteiger partial charge in [-0.05, 0) is 67.1 Å². The molecule has 1 heterocycles. The molecule has 0 aliphatic carbocycles. The van der Waals surface area contributed by atoms with E-state index < -0.39 is 10.0 Å². The topological polar surface area (TPSA) is 90.3 Å². The van der Waals surface area contributed by atoms with Crippen molar-refractivity contribution in [3.05, 3.63) is 59.2 Å². The van der Waals surface area contributed by atoms with Crippen LogP contribution in [0.5, 0.6) is 0 Å². The van der Waals surface area contributed by atoms with Crippen molar-refractivity contribution in [3.8, 4) is 6.07 Å². The summed E-state index contributed by atoms with van der Waals surface area (Å²) in [5.41, 5.74) is 4.02. The number of sulfonamides is 1. The van der Waals surface area contributed by atoms with Gasteiger partial charge in [0, 0.05) is 24.3 Å². The molecule has 0 bridgehead atoms. The molecule has 0 radical (unpaired) electrons. The fourth-order valence-electron chi connectivity index (χ4n) is 3.55. The maximum absolute atomic E-state index is 12.8. The number of hydrogen-bond donors (Lipinski definition) is 1. The Labute approximate surface area is 172 Å². The molecule has 0 atom stereocenters. The van der Waals surface area contributed by atoms with Crippen LogP contribution in [0.4, 0.5) is 11.4 Å². The van der Waals surface area contributed by atoms with Crippen molar-refractivity contribution >= 4 is 27.3 Å². The summed E-state index contributed by atoms with van der Waals surface area (Å²) in [6, 6.07) is 14.8. The van der Waals surface area contributed by atoms with E-state index >= 15 is 0 Å². The Morgan fingerprint density at radius 3 is 2.66 bits per heavy atom. The molecule has 0 spiro atoms. The number of nitrogens with zero attached hydrogens (tertiary/aromatic N) is 2. The Kier molecular flexibility index (Phi) is 6.55. The summed E-state index contributed by atoms with van der Waals surface area (Å²) in [6.07, 6.45) is 3.22. The van der Waals surface area contributed by atoms with Gasteiger partial charge in [-0.2, -0.15) is 5.26 Å². The van der Waals surface area contributed by atoms with E-state index in [0.29, 0.717) is 37.1 Å². The summed E-state index contributed by atoms with van der Waals surface area (Å²) in [7, 11) is -3.34. The lowest BCUT2D eigenvalue weighted by Crippen LogP contribution is -2.35. The predicted molar refractivity (Wildman–Crippen MR) is 114 cm³/mol. The summed E-state index contributed by atoms with van der Waals surface area (Å²) in [6.45, 7) is 2.49. The Hall–Kier alpha value is -2.85. The fraction of sp³-hybridized carbons (Fsp3) is 0.364. The molecule has 3 rings (SSSR count). The summed E-state index contributed by atoms with van der Waals surface area (Å²) in [5.74, 6) is 0.138. The van der Waals surface area contributed by atoms with Crippen LogP contribution in [0.2, 0.25) is 0 Å². The molecule has 6 nitrogen and oxygen atoms in total. The Morgan fingerprint density at radius 1 is 1.21 bits per heavy atom. The number of carbonyl (C=O) groups is 1. The summed E-state index contributed by atoms with van der Waals surface area (Å²) < 4.78 is 26.6. The molecule has 0 saturated carbocycles. The highest BCUT2D eigenvalue weighted by atomic mass is 32.2. The lowest BCUT2D eigenvalue weighted by molar-refractivity contribution is -0.118. The van der Waals surface area contributed by atoms with Crippen LogP contribution in [-0.2, 0) is 27.7 Å². The molecule has 7 heteroatoms. The van der Waals surface area contributed by atoms with Crippen molar-refractivity contribution in [2.75, 3.05) is 21.9 Å². The van der Waals surface area contributed by atoms with Crippen molar-refractivity contribution in [2.24, 2.45) is 0 Å². The van der Waals surface area contributed by atoms with Crippen LogP contribution >= 0.6 is 0 Å². The monoisotopic (exact) mass is 411 g/mol. The van der Waals surface area contributed by atoms with E-state index in [9.17, 15) is 13.2 Å². The van der Waals surface area contributed by atoms with Crippen molar-refractivity contribution in [1.82, 2.24) is 0 Å². The molecular formula is C22H25N3O3S. The van der Waals surface area contributed by atoms with Gasteiger partial charge in [0.2, 0.25) is 15.9 Å². The van der Waals surface area contributed by atoms with Crippen molar-refractivity contribution in [1.29, 1.82) is 5.26 Å². The molecule has 0 unspecified atom stereocenters. The summed E-state index contributed by atoms with van der Waals surface area (Å²) in [5, 5.41) is 8.87. The molecule has 29 heavy (non-hydrogen) atoms. The number of hydrogen-bond acceptors (Lipinski definition) is 4. The maximum atomic E-state index is 12.8. The highest BCUT2D eigenvalue weighted by molar-refractivity contribution is 7.92. The molecule has 152 valence electrons. The predicted octanol–water partition coefficient (Wildman–Crippen LogP) is 3.62. The van der Waals surface area contributed by atoms with E-state index in [0.717, 1.165) is 29.7 Å².